The van der Waals surface area contributed by atoms with Crippen LogP contribution >= 0.6 is 0 Å². The lowest BCUT2D eigenvalue weighted by atomic mass is 10.3. The van der Waals surface area contributed by atoms with Crippen LogP contribution in [0.1, 0.15) is 13.3 Å². The maximum Gasteiger partial charge on any atom is 0.246 e. The van der Waals surface area contributed by atoms with Gasteiger partial charge in [-0.05, 0) is 19.1 Å². The normalized spacial score (nSPS) is 9.88. The summed E-state index contributed by atoms with van der Waals surface area (Å²) in [6.07, 6.45) is 0.163. The van der Waals surface area contributed by atoms with Gasteiger partial charge in [0.1, 0.15) is 11.6 Å². The minimum atomic E-state index is -0.365. The largest absolute Gasteiger partial charge is 0.493 e. The van der Waals surface area contributed by atoms with Crippen molar-refractivity contribution in [1.82, 2.24) is 5.48 Å². The van der Waals surface area contributed by atoms with Crippen molar-refractivity contribution in [3.63, 3.8) is 0 Å². The van der Waals surface area contributed by atoms with Crippen molar-refractivity contribution < 1.29 is 18.8 Å². The molecule has 0 aromatic heterocycles. The Morgan fingerprint density at radius 3 is 3.00 bits per heavy atom. The van der Waals surface area contributed by atoms with Gasteiger partial charge >= 0.3 is 0 Å². The number of benzene rings is 1. The van der Waals surface area contributed by atoms with Crippen molar-refractivity contribution in [2.45, 2.75) is 13.3 Å². The van der Waals surface area contributed by atoms with Crippen LogP contribution in [-0.4, -0.2) is 19.1 Å². The molecule has 4 nitrogen and oxygen atoms in total. The minimum Gasteiger partial charge on any atom is -0.493 e. The molecule has 0 aliphatic rings. The second-order valence-corrected chi connectivity index (χ2v) is 3.01. The fraction of sp³-hybridized carbons (Fsp3) is 0.364. The first-order valence-electron chi connectivity index (χ1n) is 5.01. The summed E-state index contributed by atoms with van der Waals surface area (Å²) < 4.78 is 17.9. The number of rotatable bonds is 6. The predicted octanol–water partition coefficient (Wildman–Crippen LogP) is 1.66. The van der Waals surface area contributed by atoms with Gasteiger partial charge in [-0.25, -0.2) is 9.87 Å². The maximum atomic E-state index is 12.7. The van der Waals surface area contributed by atoms with Gasteiger partial charge in [0.15, 0.2) is 0 Å². The monoisotopic (exact) mass is 227 g/mol. The van der Waals surface area contributed by atoms with Crippen LogP contribution in [0.15, 0.2) is 24.3 Å². The smallest absolute Gasteiger partial charge is 0.246 e. The number of nitrogens with one attached hydrogen (secondary N) is 1. The highest BCUT2D eigenvalue weighted by molar-refractivity contribution is 5.74. The molecule has 0 saturated carbocycles. The third-order valence-electron chi connectivity index (χ3n) is 1.72. The lowest BCUT2D eigenvalue weighted by Gasteiger charge is -2.06. The molecule has 0 radical (unpaired) electrons. The summed E-state index contributed by atoms with van der Waals surface area (Å²) in [5.74, 6) is -0.223. The predicted molar refractivity (Wildman–Crippen MR) is 56.3 cm³/mol. The number of hydroxylamine groups is 1. The second kappa shape index (κ2) is 6.79. The third kappa shape index (κ3) is 4.75. The zero-order chi connectivity index (χ0) is 11.8. The Morgan fingerprint density at radius 2 is 2.31 bits per heavy atom. The lowest BCUT2D eigenvalue weighted by Crippen LogP contribution is -2.25. The number of amides is 1. The van der Waals surface area contributed by atoms with Gasteiger partial charge in [0, 0.05) is 6.07 Å². The van der Waals surface area contributed by atoms with Gasteiger partial charge < -0.3 is 4.74 Å². The van der Waals surface area contributed by atoms with Gasteiger partial charge in [0.05, 0.1) is 19.6 Å². The summed E-state index contributed by atoms with van der Waals surface area (Å²) in [5, 5.41) is 0. The van der Waals surface area contributed by atoms with E-state index in [0.29, 0.717) is 12.4 Å². The molecule has 0 aliphatic carbocycles. The number of hydrogen-bond donors (Lipinski definition) is 1. The van der Waals surface area contributed by atoms with E-state index in [1.54, 1.807) is 19.1 Å². The number of hydrogen-bond acceptors (Lipinski definition) is 3. The molecule has 0 atom stereocenters. The fourth-order valence-corrected chi connectivity index (χ4v) is 1.02. The minimum absolute atomic E-state index is 0.163. The Bertz CT molecular complexity index is 344. The number of halogens is 1. The van der Waals surface area contributed by atoms with E-state index in [1.807, 2.05) is 0 Å². The number of carbonyl (C=O) groups is 1. The molecule has 0 fully saturated rings. The Morgan fingerprint density at radius 1 is 1.50 bits per heavy atom. The van der Waals surface area contributed by atoms with Crippen LogP contribution in [0.2, 0.25) is 0 Å². The molecule has 0 saturated heterocycles. The molecule has 16 heavy (non-hydrogen) atoms. The Kier molecular flexibility index (Phi) is 5.28. The van der Waals surface area contributed by atoms with E-state index in [4.69, 9.17) is 9.57 Å². The van der Waals surface area contributed by atoms with Crippen molar-refractivity contribution in [3.05, 3.63) is 30.1 Å². The van der Waals surface area contributed by atoms with Crippen LogP contribution in [0.5, 0.6) is 5.75 Å². The molecular weight excluding hydrogens is 213 g/mol. The first-order chi connectivity index (χ1) is 7.72. The van der Waals surface area contributed by atoms with Gasteiger partial charge in [-0.1, -0.05) is 6.07 Å². The zero-order valence-corrected chi connectivity index (χ0v) is 9.03. The highest BCUT2D eigenvalue weighted by Crippen LogP contribution is 2.11. The van der Waals surface area contributed by atoms with E-state index in [0.717, 1.165) is 0 Å². The van der Waals surface area contributed by atoms with Gasteiger partial charge in [-0.2, -0.15) is 0 Å². The first-order valence-corrected chi connectivity index (χ1v) is 5.01. The van der Waals surface area contributed by atoms with E-state index < -0.39 is 0 Å². The highest BCUT2D eigenvalue weighted by Gasteiger charge is 2.01. The van der Waals surface area contributed by atoms with Crippen LogP contribution in [0, 0.1) is 5.82 Å². The summed E-state index contributed by atoms with van der Waals surface area (Å²) in [5.41, 5.74) is 2.24. The molecule has 5 heteroatoms. The van der Waals surface area contributed by atoms with Crippen molar-refractivity contribution >= 4 is 5.91 Å². The van der Waals surface area contributed by atoms with Crippen molar-refractivity contribution in [2.24, 2.45) is 0 Å². The van der Waals surface area contributed by atoms with E-state index in [2.05, 4.69) is 5.48 Å². The SMILES string of the molecule is CCONC(=O)CCOc1cccc(F)c1. The lowest BCUT2D eigenvalue weighted by molar-refractivity contribution is -0.133. The van der Waals surface area contributed by atoms with Crippen LogP contribution < -0.4 is 10.2 Å². The van der Waals surface area contributed by atoms with Gasteiger partial charge in [0.2, 0.25) is 5.91 Å². The van der Waals surface area contributed by atoms with Crippen molar-refractivity contribution in [2.75, 3.05) is 13.2 Å². The van der Waals surface area contributed by atoms with E-state index in [1.165, 1.54) is 12.1 Å². The molecule has 0 heterocycles. The molecule has 0 bridgehead atoms. The molecule has 1 rings (SSSR count). The number of carbonyl (C=O) groups excluding carboxylic acids is 1. The van der Waals surface area contributed by atoms with Crippen LogP contribution in [0.4, 0.5) is 4.39 Å². The highest BCUT2D eigenvalue weighted by atomic mass is 19.1. The summed E-state index contributed by atoms with van der Waals surface area (Å²) in [7, 11) is 0. The molecule has 0 aliphatic heterocycles. The molecule has 1 aromatic carbocycles. The zero-order valence-electron chi connectivity index (χ0n) is 9.03. The van der Waals surface area contributed by atoms with Gasteiger partial charge in [-0.15, -0.1) is 0 Å². The molecule has 1 aromatic rings. The van der Waals surface area contributed by atoms with Crippen molar-refractivity contribution in [1.29, 1.82) is 0 Å². The maximum absolute atomic E-state index is 12.7. The van der Waals surface area contributed by atoms with E-state index in [9.17, 15) is 9.18 Å². The molecule has 1 amide bonds. The molecular formula is C11H14FNO3. The van der Waals surface area contributed by atoms with E-state index in [-0.39, 0.29) is 24.8 Å². The molecule has 1 N–H and O–H groups in total. The van der Waals surface area contributed by atoms with Crippen molar-refractivity contribution in [3.8, 4) is 5.75 Å². The molecule has 0 spiro atoms. The van der Waals surface area contributed by atoms with E-state index >= 15 is 0 Å². The quantitative estimate of drug-likeness (QED) is 0.752. The van der Waals surface area contributed by atoms with Crippen LogP contribution in [0.25, 0.3) is 0 Å². The number of ether oxygens (including phenoxy) is 1. The average molecular weight is 227 g/mol. The van der Waals surface area contributed by atoms with Gasteiger partial charge in [-0.3, -0.25) is 9.63 Å². The standard InChI is InChI=1S/C11H14FNO3/c1-2-16-13-11(14)6-7-15-10-5-3-4-9(12)8-10/h3-5,8H,2,6-7H2,1H3,(H,13,14). The van der Waals surface area contributed by atoms with Crippen LogP contribution in [-0.2, 0) is 9.63 Å². The average Bonchev–Trinajstić information content (AvgIpc) is 2.26. The summed E-state index contributed by atoms with van der Waals surface area (Å²) in [6, 6.07) is 5.77. The Balaban J connectivity index is 2.22. The first kappa shape index (κ1) is 12.4. The molecule has 88 valence electrons. The summed E-state index contributed by atoms with van der Waals surface area (Å²) >= 11 is 0. The fourth-order valence-electron chi connectivity index (χ4n) is 1.02. The topological polar surface area (TPSA) is 47.6 Å². The Labute approximate surface area is 93.3 Å². The van der Waals surface area contributed by atoms with Crippen LogP contribution in [0.3, 0.4) is 0 Å². The summed E-state index contributed by atoms with van der Waals surface area (Å²) in [4.78, 5) is 15.8. The van der Waals surface area contributed by atoms with Gasteiger partial charge in [0.25, 0.3) is 0 Å². The molecule has 0 unspecified atom stereocenters. The Hall–Kier alpha value is -1.62. The second-order valence-electron chi connectivity index (χ2n) is 3.01. The third-order valence-corrected chi connectivity index (χ3v) is 1.72. The summed E-state index contributed by atoms with van der Waals surface area (Å²) in [6.45, 7) is 2.36.